The van der Waals surface area contributed by atoms with Crippen LogP contribution in [0.3, 0.4) is 0 Å². The molecule has 0 heterocycles. The summed E-state index contributed by atoms with van der Waals surface area (Å²) in [6.45, 7) is 5.28. The minimum Gasteiger partial charge on any atom is -0.444 e. The molecule has 0 aromatic carbocycles. The Bertz CT molecular complexity index is 148. The third-order valence-electron chi connectivity index (χ3n) is 1.03. The summed E-state index contributed by atoms with van der Waals surface area (Å²) in [5, 5.41) is 0. The molecule has 1 aliphatic carbocycles. The predicted octanol–water partition coefficient (Wildman–Crippen LogP) is 0.988. The lowest BCUT2D eigenvalue weighted by Gasteiger charge is -2.16. The Morgan fingerprint density at radius 3 is 1.75 bits per heavy atom. The highest BCUT2D eigenvalue weighted by Gasteiger charge is 2.13. The van der Waals surface area contributed by atoms with E-state index in [4.69, 9.17) is 11.5 Å². The van der Waals surface area contributed by atoms with E-state index >= 15 is 0 Å². The van der Waals surface area contributed by atoms with E-state index in [2.05, 4.69) is 4.74 Å². The number of rotatable bonds is 0. The van der Waals surface area contributed by atoms with Crippen molar-refractivity contribution in [2.45, 2.75) is 45.3 Å². The molecule has 1 saturated carbocycles. The normalized spacial score (nSPS) is 16.0. The lowest BCUT2D eigenvalue weighted by Crippen LogP contribution is -2.27. The molecule has 0 spiro atoms. The van der Waals surface area contributed by atoms with Gasteiger partial charge in [-0.25, -0.2) is 4.79 Å². The van der Waals surface area contributed by atoms with Crippen LogP contribution in [0.2, 0.25) is 0 Å². The molecule has 72 valence electrons. The maximum absolute atomic E-state index is 10.0. The van der Waals surface area contributed by atoms with Gasteiger partial charge in [0.15, 0.2) is 0 Å². The Morgan fingerprint density at radius 1 is 1.42 bits per heavy atom. The van der Waals surface area contributed by atoms with Crippen molar-refractivity contribution in [3.63, 3.8) is 0 Å². The molecule has 0 atom stereocenters. The maximum Gasteiger partial charge on any atom is 0.405 e. The molecule has 0 aromatic heterocycles. The first-order valence-corrected chi connectivity index (χ1v) is 4.05. The number of hydrogen-bond acceptors (Lipinski definition) is 3. The summed E-state index contributed by atoms with van der Waals surface area (Å²) >= 11 is 0. The van der Waals surface area contributed by atoms with Crippen LogP contribution < -0.4 is 11.5 Å². The Hall–Kier alpha value is -0.770. The van der Waals surface area contributed by atoms with Gasteiger partial charge in [0.1, 0.15) is 5.60 Å². The fourth-order valence-electron chi connectivity index (χ4n) is 0.398. The van der Waals surface area contributed by atoms with Crippen LogP contribution in [-0.4, -0.2) is 17.7 Å². The maximum atomic E-state index is 10.0. The van der Waals surface area contributed by atoms with Crippen LogP contribution >= 0.6 is 0 Å². The number of nitrogens with two attached hydrogens (primary N) is 2. The summed E-state index contributed by atoms with van der Waals surface area (Å²) in [6, 6.07) is 0.583. The monoisotopic (exact) mass is 174 g/mol. The van der Waals surface area contributed by atoms with E-state index in [0.29, 0.717) is 6.04 Å². The van der Waals surface area contributed by atoms with Gasteiger partial charge in [0.05, 0.1) is 0 Å². The van der Waals surface area contributed by atoms with Gasteiger partial charge >= 0.3 is 6.09 Å². The third-order valence-corrected chi connectivity index (χ3v) is 1.03. The van der Waals surface area contributed by atoms with Gasteiger partial charge in [0, 0.05) is 6.04 Å². The number of primary amides is 1. The molecule has 0 unspecified atom stereocenters. The van der Waals surface area contributed by atoms with Crippen LogP contribution in [0.15, 0.2) is 0 Å². The quantitative estimate of drug-likeness (QED) is 0.574. The largest absolute Gasteiger partial charge is 0.444 e. The van der Waals surface area contributed by atoms with Crippen LogP contribution in [0, 0.1) is 0 Å². The Labute approximate surface area is 73.2 Å². The van der Waals surface area contributed by atoms with E-state index in [-0.39, 0.29) is 0 Å². The first kappa shape index (κ1) is 11.2. The molecule has 0 radical (unpaired) electrons. The van der Waals surface area contributed by atoms with E-state index < -0.39 is 11.7 Å². The predicted molar refractivity (Wildman–Crippen MR) is 47.6 cm³/mol. The Morgan fingerprint density at radius 2 is 1.75 bits per heavy atom. The number of ether oxygens (including phenoxy) is 1. The standard InChI is InChI=1S/C5H11NO2.C3H7N/c1-5(2,3)8-4(6)7;4-3-1-2-3/h1-3H3,(H2,6,7);3H,1-2,4H2. The van der Waals surface area contributed by atoms with Crippen molar-refractivity contribution in [3.8, 4) is 0 Å². The molecule has 0 bridgehead atoms. The number of carbonyl (C=O) groups is 1. The van der Waals surface area contributed by atoms with Crippen LogP contribution in [0.5, 0.6) is 0 Å². The second-order valence-electron chi connectivity index (χ2n) is 3.87. The van der Waals surface area contributed by atoms with Crippen molar-refractivity contribution in [1.82, 2.24) is 0 Å². The lowest BCUT2D eigenvalue weighted by molar-refractivity contribution is 0.0600. The van der Waals surface area contributed by atoms with Gasteiger partial charge < -0.3 is 16.2 Å². The van der Waals surface area contributed by atoms with Crippen molar-refractivity contribution >= 4 is 6.09 Å². The molecular formula is C8H18N2O2. The summed E-state index contributed by atoms with van der Waals surface area (Å²) in [6.07, 6.45) is 1.80. The third kappa shape index (κ3) is 12.0. The van der Waals surface area contributed by atoms with Crippen molar-refractivity contribution < 1.29 is 9.53 Å². The van der Waals surface area contributed by atoms with Gasteiger partial charge in [-0.1, -0.05) is 0 Å². The molecule has 0 aliphatic heterocycles. The van der Waals surface area contributed by atoms with Crippen LogP contribution in [0.1, 0.15) is 33.6 Å². The number of amides is 1. The van der Waals surface area contributed by atoms with Crippen LogP contribution in [0.4, 0.5) is 4.79 Å². The van der Waals surface area contributed by atoms with E-state index in [0.717, 1.165) is 0 Å². The van der Waals surface area contributed by atoms with Gasteiger partial charge in [-0.2, -0.15) is 0 Å². The van der Waals surface area contributed by atoms with Gasteiger partial charge in [-0.3, -0.25) is 0 Å². The van der Waals surface area contributed by atoms with E-state index in [1.165, 1.54) is 12.8 Å². The van der Waals surface area contributed by atoms with E-state index in [1.807, 2.05) is 0 Å². The summed E-state index contributed by atoms with van der Waals surface area (Å²) < 4.78 is 4.58. The molecule has 12 heavy (non-hydrogen) atoms. The zero-order valence-corrected chi connectivity index (χ0v) is 7.96. The van der Waals surface area contributed by atoms with Gasteiger partial charge in [0.25, 0.3) is 0 Å². The van der Waals surface area contributed by atoms with Crippen molar-refractivity contribution in [1.29, 1.82) is 0 Å². The average molecular weight is 174 g/mol. The minimum atomic E-state index is -0.725. The Balaban J connectivity index is 0.000000247. The first-order valence-electron chi connectivity index (χ1n) is 4.05. The van der Waals surface area contributed by atoms with Gasteiger partial charge in [-0.05, 0) is 33.6 Å². The molecule has 4 N–H and O–H groups in total. The van der Waals surface area contributed by atoms with Crippen molar-refractivity contribution in [2.75, 3.05) is 0 Å². The Kier molecular flexibility index (Phi) is 4.03. The molecule has 0 aromatic rings. The molecular weight excluding hydrogens is 156 g/mol. The summed E-state index contributed by atoms with van der Waals surface area (Å²) in [7, 11) is 0. The number of hydrogen-bond donors (Lipinski definition) is 2. The fraction of sp³-hybridized carbons (Fsp3) is 0.875. The topological polar surface area (TPSA) is 78.3 Å². The highest BCUT2D eigenvalue weighted by atomic mass is 16.6. The first-order chi connectivity index (χ1) is 5.31. The van der Waals surface area contributed by atoms with Crippen molar-refractivity contribution in [3.05, 3.63) is 0 Å². The average Bonchev–Trinajstić information content (AvgIpc) is 2.43. The molecule has 1 rings (SSSR count). The molecule has 4 nitrogen and oxygen atoms in total. The number of carbonyl (C=O) groups excluding carboxylic acids is 1. The SMILES string of the molecule is CC(C)(C)OC(N)=O.NC1CC1. The summed E-state index contributed by atoms with van der Waals surface area (Å²) in [5.41, 5.74) is 9.49. The molecule has 4 heteroatoms. The van der Waals surface area contributed by atoms with Crippen LogP contribution in [-0.2, 0) is 4.74 Å². The zero-order valence-electron chi connectivity index (χ0n) is 7.96. The zero-order chi connectivity index (χ0) is 9.78. The lowest BCUT2D eigenvalue weighted by atomic mass is 10.2. The molecule has 1 amide bonds. The van der Waals surface area contributed by atoms with E-state index in [1.54, 1.807) is 20.8 Å². The minimum absolute atomic E-state index is 0.453. The fourth-order valence-corrected chi connectivity index (χ4v) is 0.398. The van der Waals surface area contributed by atoms with Gasteiger partial charge in [-0.15, -0.1) is 0 Å². The second kappa shape index (κ2) is 4.30. The summed E-state index contributed by atoms with van der Waals surface area (Å²) in [4.78, 5) is 10.0. The van der Waals surface area contributed by atoms with Crippen molar-refractivity contribution in [2.24, 2.45) is 11.5 Å². The van der Waals surface area contributed by atoms with Gasteiger partial charge in [0.2, 0.25) is 0 Å². The highest BCUT2D eigenvalue weighted by molar-refractivity contribution is 5.65. The van der Waals surface area contributed by atoms with Crippen LogP contribution in [0.25, 0.3) is 0 Å². The highest BCUT2D eigenvalue weighted by Crippen LogP contribution is 2.13. The second-order valence-corrected chi connectivity index (χ2v) is 3.87. The molecule has 0 saturated heterocycles. The molecule has 1 aliphatic rings. The smallest absolute Gasteiger partial charge is 0.405 e. The molecule has 1 fully saturated rings. The van der Waals surface area contributed by atoms with E-state index in [9.17, 15) is 4.79 Å². The summed E-state index contributed by atoms with van der Waals surface area (Å²) in [5.74, 6) is 0.